The Balaban J connectivity index is 1.53. The van der Waals surface area contributed by atoms with Crippen molar-refractivity contribution in [2.24, 2.45) is 0 Å². The number of nitrogens with zero attached hydrogens (tertiary/aromatic N) is 2. The normalized spacial score (nSPS) is 15.1. The summed E-state index contributed by atoms with van der Waals surface area (Å²) < 4.78 is 38.5. The summed E-state index contributed by atoms with van der Waals surface area (Å²) in [5.74, 6) is 1.82. The molecule has 0 unspecified atom stereocenters. The van der Waals surface area contributed by atoms with E-state index in [-0.39, 0.29) is 4.21 Å². The van der Waals surface area contributed by atoms with E-state index in [1.165, 1.54) is 26.0 Å². The number of thiophene rings is 1. The van der Waals surface area contributed by atoms with E-state index in [1.807, 2.05) is 0 Å². The molecule has 1 fully saturated rings. The Morgan fingerprint density at radius 3 is 2.79 bits per heavy atom. The molecule has 4 rings (SSSR count). The van der Waals surface area contributed by atoms with Gasteiger partial charge in [0.05, 0.1) is 17.8 Å². The molecule has 0 amide bonds. The van der Waals surface area contributed by atoms with Crippen LogP contribution in [0.4, 0.5) is 5.69 Å². The summed E-state index contributed by atoms with van der Waals surface area (Å²) >= 11 is 7.15. The average Bonchev–Trinajstić information content (AvgIpc) is 3.40. The largest absolute Gasteiger partial charge is 0.495 e. The van der Waals surface area contributed by atoms with E-state index in [1.54, 1.807) is 23.6 Å². The van der Waals surface area contributed by atoms with Crippen molar-refractivity contribution in [3.8, 4) is 17.1 Å². The number of hydrogen-bond donors (Lipinski definition) is 1. The number of methoxy groups -OCH3 is 1. The van der Waals surface area contributed by atoms with Gasteiger partial charge in [0.1, 0.15) is 9.96 Å². The zero-order valence-corrected chi connectivity index (χ0v) is 17.4. The minimum absolute atomic E-state index is 0.154. The van der Waals surface area contributed by atoms with Crippen molar-refractivity contribution in [2.75, 3.05) is 11.8 Å². The number of rotatable bonds is 6. The van der Waals surface area contributed by atoms with Crippen molar-refractivity contribution in [1.29, 1.82) is 0 Å². The number of aromatic nitrogens is 2. The van der Waals surface area contributed by atoms with Crippen LogP contribution < -0.4 is 9.46 Å². The standard InChI is InChI=1S/C18H18ClN3O4S2/c1-25-15-7-6-13(9-14(15)19)22-28(23,24)16-8-12(10-27-16)17-20-18(26-21-17)11-4-2-3-5-11/h6-11,22H,2-5H2,1H3. The Hall–Kier alpha value is -2.10. The van der Waals surface area contributed by atoms with Gasteiger partial charge in [0, 0.05) is 16.9 Å². The van der Waals surface area contributed by atoms with Crippen LogP contribution in [0.2, 0.25) is 5.02 Å². The van der Waals surface area contributed by atoms with Crippen LogP contribution in [-0.2, 0) is 10.0 Å². The van der Waals surface area contributed by atoms with Crippen LogP contribution >= 0.6 is 22.9 Å². The Morgan fingerprint density at radius 2 is 2.07 bits per heavy atom. The van der Waals surface area contributed by atoms with E-state index >= 15 is 0 Å². The van der Waals surface area contributed by atoms with E-state index in [4.69, 9.17) is 20.9 Å². The fourth-order valence-electron chi connectivity index (χ4n) is 3.20. The molecule has 1 aliphatic rings. The molecule has 0 atom stereocenters. The molecular formula is C18H18ClN3O4S2. The molecule has 0 bridgehead atoms. The lowest BCUT2D eigenvalue weighted by Gasteiger charge is -2.08. The molecule has 0 spiro atoms. The Morgan fingerprint density at radius 1 is 1.29 bits per heavy atom. The van der Waals surface area contributed by atoms with Crippen LogP contribution in [0.3, 0.4) is 0 Å². The predicted molar refractivity (Wildman–Crippen MR) is 108 cm³/mol. The average molecular weight is 440 g/mol. The van der Waals surface area contributed by atoms with Crippen LogP contribution in [0, 0.1) is 0 Å². The highest BCUT2D eigenvalue weighted by Gasteiger charge is 2.24. The third kappa shape index (κ3) is 3.87. The number of benzene rings is 1. The van der Waals surface area contributed by atoms with Gasteiger partial charge in [-0.25, -0.2) is 8.42 Å². The SMILES string of the molecule is COc1ccc(NS(=O)(=O)c2cc(-c3noc(C4CCCC4)n3)cs2)cc1Cl. The smallest absolute Gasteiger partial charge is 0.271 e. The number of nitrogens with one attached hydrogen (secondary N) is 1. The van der Waals surface area contributed by atoms with E-state index in [0.717, 1.165) is 24.2 Å². The fourth-order valence-corrected chi connectivity index (χ4v) is 5.67. The Labute approximate surface area is 171 Å². The third-order valence-electron chi connectivity index (χ3n) is 4.65. The topological polar surface area (TPSA) is 94.3 Å². The molecule has 0 aliphatic heterocycles. The van der Waals surface area contributed by atoms with E-state index in [9.17, 15) is 8.42 Å². The quantitative estimate of drug-likeness (QED) is 0.585. The summed E-state index contributed by atoms with van der Waals surface area (Å²) in [5, 5.41) is 6.04. The molecule has 2 aromatic heterocycles. The summed E-state index contributed by atoms with van der Waals surface area (Å²) in [4.78, 5) is 4.45. The molecule has 28 heavy (non-hydrogen) atoms. The summed E-state index contributed by atoms with van der Waals surface area (Å²) in [6.07, 6.45) is 4.45. The third-order valence-corrected chi connectivity index (χ3v) is 7.76. The molecule has 1 aromatic carbocycles. The van der Waals surface area contributed by atoms with E-state index in [2.05, 4.69) is 14.9 Å². The molecule has 1 aliphatic carbocycles. The van der Waals surface area contributed by atoms with Crippen LogP contribution in [0.25, 0.3) is 11.4 Å². The molecule has 3 aromatic rings. The first kappa shape index (κ1) is 19.2. The molecule has 0 radical (unpaired) electrons. The highest BCUT2D eigenvalue weighted by Crippen LogP contribution is 2.35. The molecule has 1 saturated carbocycles. The Bertz CT molecular complexity index is 1090. The zero-order valence-electron chi connectivity index (χ0n) is 15.0. The van der Waals surface area contributed by atoms with Gasteiger partial charge in [-0.2, -0.15) is 4.98 Å². The second kappa shape index (κ2) is 7.73. The maximum absolute atomic E-state index is 12.7. The van der Waals surface area contributed by atoms with E-state index in [0.29, 0.717) is 39.7 Å². The van der Waals surface area contributed by atoms with Gasteiger partial charge in [-0.3, -0.25) is 4.72 Å². The van der Waals surface area contributed by atoms with Crippen LogP contribution in [0.1, 0.15) is 37.5 Å². The van der Waals surface area contributed by atoms with Crippen LogP contribution in [-0.4, -0.2) is 25.7 Å². The van der Waals surface area contributed by atoms with Gasteiger partial charge < -0.3 is 9.26 Å². The number of hydrogen-bond acceptors (Lipinski definition) is 7. The highest BCUT2D eigenvalue weighted by molar-refractivity contribution is 7.94. The molecule has 1 N–H and O–H groups in total. The van der Waals surface area contributed by atoms with Gasteiger partial charge >= 0.3 is 0 Å². The van der Waals surface area contributed by atoms with Crippen LogP contribution in [0.5, 0.6) is 5.75 Å². The summed E-state index contributed by atoms with van der Waals surface area (Å²) in [7, 11) is -2.27. The summed E-state index contributed by atoms with van der Waals surface area (Å²) in [5.41, 5.74) is 0.968. The predicted octanol–water partition coefficient (Wildman–Crippen LogP) is 4.92. The summed E-state index contributed by atoms with van der Waals surface area (Å²) in [6.45, 7) is 0. The van der Waals surface area contributed by atoms with Crippen molar-refractivity contribution in [2.45, 2.75) is 35.8 Å². The lowest BCUT2D eigenvalue weighted by molar-refractivity contribution is 0.354. The van der Waals surface area contributed by atoms with Gasteiger partial charge in [0.15, 0.2) is 0 Å². The first-order valence-corrected chi connectivity index (χ1v) is 11.5. The van der Waals surface area contributed by atoms with E-state index < -0.39 is 10.0 Å². The fraction of sp³-hybridized carbons (Fsp3) is 0.333. The number of sulfonamides is 1. The van der Waals surface area contributed by atoms with Gasteiger partial charge in [-0.1, -0.05) is 29.6 Å². The molecule has 148 valence electrons. The lowest BCUT2D eigenvalue weighted by Crippen LogP contribution is -2.11. The number of ether oxygens (including phenoxy) is 1. The van der Waals surface area contributed by atoms with Crippen molar-refractivity contribution in [3.63, 3.8) is 0 Å². The summed E-state index contributed by atoms with van der Waals surface area (Å²) in [6, 6.07) is 6.23. The second-order valence-electron chi connectivity index (χ2n) is 6.55. The minimum atomic E-state index is -3.76. The Kier molecular flexibility index (Phi) is 5.31. The molecule has 7 nitrogen and oxygen atoms in total. The maximum Gasteiger partial charge on any atom is 0.271 e. The zero-order chi connectivity index (χ0) is 19.7. The van der Waals surface area contributed by atoms with Gasteiger partial charge in [-0.15, -0.1) is 11.3 Å². The molecule has 0 saturated heterocycles. The number of halogens is 1. The van der Waals surface area contributed by atoms with Crippen molar-refractivity contribution in [1.82, 2.24) is 10.1 Å². The van der Waals surface area contributed by atoms with Crippen molar-refractivity contribution >= 4 is 38.6 Å². The monoisotopic (exact) mass is 439 g/mol. The van der Waals surface area contributed by atoms with Crippen LogP contribution in [0.15, 0.2) is 38.4 Å². The number of anilines is 1. The van der Waals surface area contributed by atoms with Gasteiger partial charge in [0.25, 0.3) is 10.0 Å². The maximum atomic E-state index is 12.7. The van der Waals surface area contributed by atoms with Gasteiger partial charge in [-0.05, 0) is 37.1 Å². The van der Waals surface area contributed by atoms with Gasteiger partial charge in [0.2, 0.25) is 11.7 Å². The minimum Gasteiger partial charge on any atom is -0.495 e. The first-order valence-electron chi connectivity index (χ1n) is 8.75. The lowest BCUT2D eigenvalue weighted by atomic mass is 10.1. The first-order chi connectivity index (χ1) is 13.5. The highest BCUT2D eigenvalue weighted by atomic mass is 35.5. The molecule has 10 heteroatoms. The molecular weight excluding hydrogens is 422 g/mol. The molecule has 2 heterocycles. The van der Waals surface area contributed by atoms with Crippen molar-refractivity contribution < 1.29 is 17.7 Å². The second-order valence-corrected chi connectivity index (χ2v) is 9.77. The van der Waals surface area contributed by atoms with Crippen molar-refractivity contribution in [3.05, 3.63) is 40.6 Å².